The van der Waals surface area contributed by atoms with Gasteiger partial charge in [0.2, 0.25) is 0 Å². The topological polar surface area (TPSA) is 92.1 Å². The zero-order valence-electron chi connectivity index (χ0n) is 59.8. The van der Waals surface area contributed by atoms with Gasteiger partial charge < -0.3 is 13.7 Å². The molecule has 0 spiro atoms. The minimum Gasteiger partial charge on any atom is -0.340 e. The maximum Gasteiger partial charge on any atom is 3.00 e. The fourth-order valence-electron chi connectivity index (χ4n) is 13.8. The van der Waals surface area contributed by atoms with Gasteiger partial charge in [0.1, 0.15) is 17.5 Å². The number of aromatic nitrogens is 9. The normalized spacial score (nSPS) is 11.7. The largest absolute Gasteiger partial charge is 3.00 e. The summed E-state index contributed by atoms with van der Waals surface area (Å²) >= 11 is 0. The van der Waals surface area contributed by atoms with Gasteiger partial charge in [-0.1, -0.05) is 193 Å². The van der Waals surface area contributed by atoms with E-state index in [2.05, 4.69) is 316 Å². The Morgan fingerprint density at radius 3 is 0.740 bits per heavy atom. The summed E-state index contributed by atoms with van der Waals surface area (Å²) in [5, 5.41) is 0. The second-order valence-electron chi connectivity index (χ2n) is 28.3. The van der Waals surface area contributed by atoms with Crippen molar-refractivity contribution in [2.75, 3.05) is 0 Å². The van der Waals surface area contributed by atoms with Crippen molar-refractivity contribution in [3.63, 3.8) is 0 Å². The SMILES string of the molecule is CC(C)c1cc(-c2ccccc2)cc(C(C)C)c1-n1ccnc1-c1[c-]cc(CCc2nc(CCc3c[c-]c(-c4nccn4-c4c(C(C)C)cc(-c5ccccc5)cc4C(C)C)cc3)nc(CCc3c[c-]c(-c4nccn4-c4c(C(C)C)cc(-c5ccccc5)cc4C(C)C)cc3)n2)cc1.[Ir+3]. The van der Waals surface area contributed by atoms with E-state index in [0.29, 0.717) is 54.8 Å². The van der Waals surface area contributed by atoms with Gasteiger partial charge in [0.05, 0.1) is 17.5 Å². The number of imidazole rings is 3. The number of rotatable bonds is 24. The monoisotopic (exact) mass is 1490 g/mol. The van der Waals surface area contributed by atoms with E-state index in [1.54, 1.807) is 0 Å². The first-order valence-electron chi connectivity index (χ1n) is 35.6. The number of aryl methyl sites for hydroxylation is 6. The third kappa shape index (κ3) is 15.4. The van der Waals surface area contributed by atoms with Gasteiger partial charge in [0, 0.05) is 73.5 Å². The molecule has 0 atom stereocenters. The molecule has 10 heteroatoms. The van der Waals surface area contributed by atoms with Crippen molar-refractivity contribution < 1.29 is 20.1 Å². The molecule has 4 aromatic heterocycles. The molecule has 0 radical (unpaired) electrons. The van der Waals surface area contributed by atoms with Crippen molar-refractivity contribution in [3.05, 3.63) is 305 Å². The summed E-state index contributed by atoms with van der Waals surface area (Å²) < 4.78 is 6.83. The summed E-state index contributed by atoms with van der Waals surface area (Å²) in [5.41, 5.74) is 25.0. The summed E-state index contributed by atoms with van der Waals surface area (Å²) in [6.07, 6.45) is 16.2. The van der Waals surface area contributed by atoms with Crippen molar-refractivity contribution in [1.29, 1.82) is 0 Å². The predicted octanol–water partition coefficient (Wildman–Crippen LogP) is 21.9. The molecule has 0 aliphatic rings. The molecule has 13 rings (SSSR count). The summed E-state index contributed by atoms with van der Waals surface area (Å²) in [7, 11) is 0. The third-order valence-electron chi connectivity index (χ3n) is 19.2. The van der Waals surface area contributed by atoms with Crippen LogP contribution in [0.25, 0.3) is 84.6 Å². The van der Waals surface area contributed by atoms with Gasteiger partial charge in [0.25, 0.3) is 0 Å². The van der Waals surface area contributed by atoms with E-state index in [1.807, 2.05) is 18.6 Å². The summed E-state index contributed by atoms with van der Waals surface area (Å²) in [4.78, 5) is 30.5. The molecule has 9 aromatic carbocycles. The van der Waals surface area contributed by atoms with Crippen LogP contribution < -0.4 is 0 Å². The zero-order valence-corrected chi connectivity index (χ0v) is 62.2. The quantitative estimate of drug-likeness (QED) is 0.0560. The molecule has 0 saturated heterocycles. The Morgan fingerprint density at radius 2 is 0.530 bits per heavy atom. The van der Waals surface area contributed by atoms with Gasteiger partial charge in [0.15, 0.2) is 0 Å². The van der Waals surface area contributed by atoms with E-state index in [-0.39, 0.29) is 20.1 Å². The van der Waals surface area contributed by atoms with E-state index < -0.39 is 0 Å². The van der Waals surface area contributed by atoms with E-state index in [1.165, 1.54) is 83.8 Å². The van der Waals surface area contributed by atoms with Crippen LogP contribution in [0.15, 0.2) is 219 Å². The Bertz CT molecular complexity index is 4290. The molecule has 4 heterocycles. The molecule has 100 heavy (non-hydrogen) atoms. The van der Waals surface area contributed by atoms with Gasteiger partial charge in [-0.15, -0.1) is 106 Å². The maximum absolute atomic E-state index is 5.21. The van der Waals surface area contributed by atoms with Gasteiger partial charge in [-0.25, -0.2) is 15.0 Å². The van der Waals surface area contributed by atoms with Crippen molar-refractivity contribution in [1.82, 2.24) is 43.6 Å². The third-order valence-corrected chi connectivity index (χ3v) is 19.2. The van der Waals surface area contributed by atoms with Gasteiger partial charge in [-0.3, -0.25) is 15.0 Å². The van der Waals surface area contributed by atoms with Crippen molar-refractivity contribution in [2.24, 2.45) is 0 Å². The van der Waals surface area contributed by atoms with Crippen LogP contribution in [0, 0.1) is 18.2 Å². The van der Waals surface area contributed by atoms with Crippen LogP contribution in [-0.4, -0.2) is 43.6 Å². The minimum atomic E-state index is 0. The molecule has 0 amide bonds. The van der Waals surface area contributed by atoms with Crippen molar-refractivity contribution in [2.45, 2.75) is 157 Å². The van der Waals surface area contributed by atoms with E-state index in [0.717, 1.165) is 87.6 Å². The van der Waals surface area contributed by atoms with Crippen LogP contribution in [0.1, 0.15) is 186 Å². The molecule has 0 aliphatic heterocycles. The molecular weight excluding hydrogens is 1400 g/mol. The fourth-order valence-corrected chi connectivity index (χ4v) is 13.8. The van der Waals surface area contributed by atoms with Crippen molar-refractivity contribution >= 4 is 0 Å². The van der Waals surface area contributed by atoms with Crippen LogP contribution in [-0.2, 0) is 58.6 Å². The Balaban J connectivity index is 0.00000948. The average Bonchev–Trinajstić information content (AvgIpc) is 1.31. The van der Waals surface area contributed by atoms with Crippen LogP contribution in [0.4, 0.5) is 0 Å². The molecule has 0 N–H and O–H groups in total. The van der Waals surface area contributed by atoms with Gasteiger partial charge in [-0.2, -0.15) is 0 Å². The second-order valence-corrected chi connectivity index (χ2v) is 28.3. The maximum atomic E-state index is 5.21. The smallest absolute Gasteiger partial charge is 0.340 e. The zero-order chi connectivity index (χ0) is 68.8. The Morgan fingerprint density at radius 1 is 0.290 bits per heavy atom. The van der Waals surface area contributed by atoms with E-state index in [9.17, 15) is 0 Å². The van der Waals surface area contributed by atoms with Gasteiger partial charge in [-0.05, 0) is 139 Å². The molecule has 0 bridgehead atoms. The molecular formula is C90H90IrN9. The summed E-state index contributed by atoms with van der Waals surface area (Å²) in [6, 6.07) is 76.8. The Kier molecular flexibility index (Phi) is 21.9. The average molecular weight is 1490 g/mol. The Labute approximate surface area is 606 Å². The molecule has 0 aliphatic carbocycles. The number of benzene rings is 9. The number of hydrogen-bond donors (Lipinski definition) is 0. The fraction of sp³-hybridized carbons (Fsp3) is 0.267. The van der Waals surface area contributed by atoms with Crippen LogP contribution in [0.3, 0.4) is 0 Å². The van der Waals surface area contributed by atoms with E-state index >= 15 is 0 Å². The second kappa shape index (κ2) is 31.2. The number of nitrogens with zero attached hydrogens (tertiary/aromatic N) is 9. The van der Waals surface area contributed by atoms with E-state index in [4.69, 9.17) is 29.9 Å². The molecule has 0 saturated carbocycles. The Hall–Kier alpha value is -9.73. The van der Waals surface area contributed by atoms with Crippen molar-refractivity contribution in [3.8, 4) is 84.6 Å². The molecule has 13 aromatic rings. The molecule has 9 nitrogen and oxygen atoms in total. The number of hydrogen-bond acceptors (Lipinski definition) is 6. The standard InChI is InChI=1S/C90H90N9.Ir/c1-58(2)76-52-73(67-22-16-13-17-23-67)53-77(59(3)4)85(76)97-49-46-91-88(97)70-37-28-64(29-38-70)34-43-82-94-83(44-35-65-30-39-71(40-31-65)89-92-47-50-98(89)86-78(60(5)6)54-74(55-79(86)61(7)8)68-24-18-14-19-25-68)96-84(95-82)45-36-66-32-41-72(42-33-66)90-93-48-51-99(90)87-80(62(9)10)56-75(57-81(87)63(11)12)69-26-20-15-21-27-69;/h13-33,37,39,41,46-63H,34-36,43-45H2,1-12H3;/q-3;+3. The minimum absolute atomic E-state index is 0. The van der Waals surface area contributed by atoms with Crippen LogP contribution >= 0.6 is 0 Å². The molecule has 0 fully saturated rings. The van der Waals surface area contributed by atoms with Gasteiger partial charge >= 0.3 is 20.1 Å². The van der Waals surface area contributed by atoms with Crippen LogP contribution in [0.5, 0.6) is 0 Å². The predicted molar refractivity (Wildman–Crippen MR) is 406 cm³/mol. The molecule has 0 unspecified atom stereocenters. The summed E-state index contributed by atoms with van der Waals surface area (Å²) in [6.45, 7) is 27.4. The summed E-state index contributed by atoms with van der Waals surface area (Å²) in [5.74, 6) is 6.73. The molecule has 504 valence electrons. The first-order valence-corrected chi connectivity index (χ1v) is 35.6. The van der Waals surface area contributed by atoms with Crippen LogP contribution in [0.2, 0.25) is 0 Å². The first-order chi connectivity index (χ1) is 48.0. The first kappa shape index (κ1) is 70.1.